The minimum atomic E-state index is -0.293. The molecule has 0 saturated carbocycles. The van der Waals surface area contributed by atoms with E-state index in [2.05, 4.69) is 5.32 Å². The van der Waals surface area contributed by atoms with Gasteiger partial charge in [-0.15, -0.1) is 0 Å². The molecule has 0 atom stereocenters. The minimum Gasteiger partial charge on any atom is -0.493 e. The molecular formula is C26H23NO6. The van der Waals surface area contributed by atoms with Crippen LogP contribution in [-0.2, 0) is 0 Å². The van der Waals surface area contributed by atoms with Crippen LogP contribution in [0.5, 0.6) is 17.2 Å². The number of benzene rings is 3. The highest BCUT2D eigenvalue weighted by Crippen LogP contribution is 2.42. The van der Waals surface area contributed by atoms with Crippen molar-refractivity contribution in [3.8, 4) is 28.6 Å². The van der Waals surface area contributed by atoms with Crippen LogP contribution in [0.3, 0.4) is 0 Å². The lowest BCUT2D eigenvalue weighted by Crippen LogP contribution is -2.11. The largest absolute Gasteiger partial charge is 0.493 e. The Labute approximate surface area is 190 Å². The van der Waals surface area contributed by atoms with Crippen molar-refractivity contribution in [3.05, 3.63) is 82.0 Å². The number of rotatable bonds is 6. The van der Waals surface area contributed by atoms with Crippen LogP contribution >= 0.6 is 0 Å². The molecule has 1 heterocycles. The van der Waals surface area contributed by atoms with Gasteiger partial charge in [0.1, 0.15) is 16.7 Å². The topological polar surface area (TPSA) is 87.0 Å². The lowest BCUT2D eigenvalue weighted by molar-refractivity contribution is 0.102. The van der Waals surface area contributed by atoms with Crippen LogP contribution in [0.1, 0.15) is 15.9 Å². The monoisotopic (exact) mass is 445 g/mol. The number of carbonyl (C=O) groups excluding carboxylic acids is 1. The minimum absolute atomic E-state index is 0.228. The Balaban J connectivity index is 1.74. The molecular weight excluding hydrogens is 422 g/mol. The highest BCUT2D eigenvalue weighted by atomic mass is 16.5. The summed E-state index contributed by atoms with van der Waals surface area (Å²) >= 11 is 0. The molecule has 33 heavy (non-hydrogen) atoms. The van der Waals surface area contributed by atoms with Crippen molar-refractivity contribution in [1.82, 2.24) is 0 Å². The Kier molecular flexibility index (Phi) is 6.04. The molecule has 0 fully saturated rings. The maximum Gasteiger partial charge on any atom is 0.255 e. The van der Waals surface area contributed by atoms with Crippen LogP contribution in [0.15, 0.2) is 69.9 Å². The Morgan fingerprint density at radius 2 is 1.61 bits per heavy atom. The van der Waals surface area contributed by atoms with Gasteiger partial charge in [0.2, 0.25) is 5.75 Å². The van der Waals surface area contributed by atoms with E-state index in [4.69, 9.17) is 18.6 Å². The molecule has 0 radical (unpaired) electrons. The Morgan fingerprint density at radius 1 is 0.879 bits per heavy atom. The Hall–Kier alpha value is -4.26. The van der Waals surface area contributed by atoms with Gasteiger partial charge in [0, 0.05) is 28.9 Å². The maximum atomic E-state index is 13.0. The molecule has 0 saturated heterocycles. The highest BCUT2D eigenvalue weighted by molar-refractivity contribution is 6.04. The van der Waals surface area contributed by atoms with E-state index in [0.29, 0.717) is 39.7 Å². The summed E-state index contributed by atoms with van der Waals surface area (Å²) < 4.78 is 22.2. The van der Waals surface area contributed by atoms with E-state index in [1.165, 1.54) is 27.4 Å². The molecule has 3 aromatic carbocycles. The van der Waals surface area contributed by atoms with Crippen LogP contribution in [-0.4, -0.2) is 27.2 Å². The van der Waals surface area contributed by atoms with Crippen LogP contribution in [0, 0.1) is 6.92 Å². The molecule has 0 spiro atoms. The fourth-order valence-electron chi connectivity index (χ4n) is 3.59. The van der Waals surface area contributed by atoms with Gasteiger partial charge in [-0.25, -0.2) is 0 Å². The van der Waals surface area contributed by atoms with Gasteiger partial charge in [-0.2, -0.15) is 0 Å². The summed E-state index contributed by atoms with van der Waals surface area (Å²) in [6.07, 6.45) is 0. The number of aryl methyl sites for hydroxylation is 1. The summed E-state index contributed by atoms with van der Waals surface area (Å²) in [5.41, 5.74) is 2.83. The van der Waals surface area contributed by atoms with E-state index in [-0.39, 0.29) is 22.5 Å². The van der Waals surface area contributed by atoms with Crippen molar-refractivity contribution < 1.29 is 23.4 Å². The molecule has 1 aromatic heterocycles. The van der Waals surface area contributed by atoms with E-state index >= 15 is 0 Å². The molecule has 0 aliphatic carbocycles. The second kappa shape index (κ2) is 9.08. The van der Waals surface area contributed by atoms with E-state index in [0.717, 1.165) is 5.56 Å². The van der Waals surface area contributed by atoms with Crippen molar-refractivity contribution in [1.29, 1.82) is 0 Å². The van der Waals surface area contributed by atoms with Gasteiger partial charge in [0.15, 0.2) is 16.9 Å². The number of methoxy groups -OCH3 is 3. The summed E-state index contributed by atoms with van der Waals surface area (Å²) in [4.78, 5) is 25.6. The molecule has 0 bridgehead atoms. The highest BCUT2D eigenvalue weighted by Gasteiger charge is 2.21. The van der Waals surface area contributed by atoms with Gasteiger partial charge in [0.05, 0.1) is 21.3 Å². The van der Waals surface area contributed by atoms with Gasteiger partial charge in [-0.3, -0.25) is 9.59 Å². The molecule has 4 aromatic rings. The number of ether oxygens (including phenoxy) is 3. The predicted molar refractivity (Wildman–Crippen MR) is 127 cm³/mol. The van der Waals surface area contributed by atoms with Crippen molar-refractivity contribution in [2.75, 3.05) is 26.6 Å². The third-order valence-electron chi connectivity index (χ3n) is 5.24. The van der Waals surface area contributed by atoms with Crippen LogP contribution < -0.4 is 25.0 Å². The number of hydrogen-bond donors (Lipinski definition) is 1. The smallest absolute Gasteiger partial charge is 0.255 e. The second-order valence-electron chi connectivity index (χ2n) is 7.39. The van der Waals surface area contributed by atoms with Crippen molar-refractivity contribution in [2.24, 2.45) is 0 Å². The van der Waals surface area contributed by atoms with E-state index in [1.807, 2.05) is 19.1 Å². The lowest BCUT2D eigenvalue weighted by Gasteiger charge is -2.14. The van der Waals surface area contributed by atoms with Gasteiger partial charge < -0.3 is 23.9 Å². The fourth-order valence-corrected chi connectivity index (χ4v) is 3.59. The molecule has 7 nitrogen and oxygen atoms in total. The summed E-state index contributed by atoms with van der Waals surface area (Å²) in [5.74, 6) is 1.04. The van der Waals surface area contributed by atoms with E-state index in [1.54, 1.807) is 42.5 Å². The van der Waals surface area contributed by atoms with Gasteiger partial charge in [0.25, 0.3) is 5.91 Å². The third-order valence-corrected chi connectivity index (χ3v) is 5.24. The Bertz CT molecular complexity index is 1390. The average Bonchev–Trinajstić information content (AvgIpc) is 2.83. The quantitative estimate of drug-likeness (QED) is 0.447. The number of hydrogen-bond acceptors (Lipinski definition) is 6. The van der Waals surface area contributed by atoms with Crippen LogP contribution in [0.25, 0.3) is 22.3 Å². The lowest BCUT2D eigenvalue weighted by atomic mass is 10.1. The Morgan fingerprint density at radius 3 is 2.27 bits per heavy atom. The zero-order valence-electron chi connectivity index (χ0n) is 18.7. The molecule has 7 heteroatoms. The van der Waals surface area contributed by atoms with Crippen molar-refractivity contribution in [3.63, 3.8) is 0 Å². The molecule has 0 aliphatic rings. The first-order chi connectivity index (χ1) is 15.9. The first kappa shape index (κ1) is 22.0. The molecule has 0 unspecified atom stereocenters. The first-order valence-corrected chi connectivity index (χ1v) is 10.2. The number of amides is 1. The van der Waals surface area contributed by atoms with Gasteiger partial charge >= 0.3 is 0 Å². The van der Waals surface area contributed by atoms with Crippen LogP contribution in [0.2, 0.25) is 0 Å². The van der Waals surface area contributed by atoms with Crippen molar-refractivity contribution >= 4 is 22.6 Å². The maximum absolute atomic E-state index is 13.0. The molecule has 1 amide bonds. The number of anilines is 1. The second-order valence-corrected chi connectivity index (χ2v) is 7.39. The van der Waals surface area contributed by atoms with Crippen molar-refractivity contribution in [2.45, 2.75) is 6.92 Å². The van der Waals surface area contributed by atoms with Gasteiger partial charge in [-0.1, -0.05) is 29.8 Å². The number of fused-ring (bicyclic) bond motifs is 1. The third kappa shape index (κ3) is 4.25. The van der Waals surface area contributed by atoms with Crippen LogP contribution in [0.4, 0.5) is 5.69 Å². The SMILES string of the molecule is COc1cc2oc(-c3cccc(NC(=O)c4ccc(C)cc4)c3)cc(=O)c2c(OC)c1OC. The average molecular weight is 445 g/mol. The first-order valence-electron chi connectivity index (χ1n) is 10.2. The predicted octanol–water partition coefficient (Wildman–Crippen LogP) is 5.05. The molecule has 0 aliphatic heterocycles. The summed E-state index contributed by atoms with van der Waals surface area (Å²) in [6, 6.07) is 17.4. The zero-order valence-corrected chi connectivity index (χ0v) is 18.7. The summed E-state index contributed by atoms with van der Waals surface area (Å²) in [7, 11) is 4.41. The summed E-state index contributed by atoms with van der Waals surface area (Å²) in [6.45, 7) is 1.96. The fraction of sp³-hybridized carbons (Fsp3) is 0.154. The number of nitrogens with one attached hydrogen (secondary N) is 1. The van der Waals surface area contributed by atoms with Gasteiger partial charge in [-0.05, 0) is 31.2 Å². The summed E-state index contributed by atoms with van der Waals surface area (Å²) in [5, 5.41) is 3.13. The van der Waals surface area contributed by atoms with E-state index in [9.17, 15) is 9.59 Å². The number of carbonyl (C=O) groups is 1. The standard InChI is InChI=1S/C26H23NO6/c1-15-8-10-16(11-9-15)26(29)27-18-7-5-6-17(12-18)20-13-19(28)23-21(33-20)14-22(30-2)24(31-3)25(23)32-4/h5-14H,1-4H3,(H,27,29). The molecule has 4 rings (SSSR count). The normalized spacial score (nSPS) is 10.7. The van der Waals surface area contributed by atoms with E-state index < -0.39 is 0 Å². The molecule has 168 valence electrons. The zero-order chi connectivity index (χ0) is 23.5. The molecule has 1 N–H and O–H groups in total.